The minimum absolute atomic E-state index is 0.162. The molecule has 1 aromatic heterocycles. The van der Waals surface area contributed by atoms with Crippen LogP contribution in [0.5, 0.6) is 0 Å². The van der Waals surface area contributed by atoms with Crippen LogP contribution in [0.3, 0.4) is 0 Å². The highest BCUT2D eigenvalue weighted by Gasteiger charge is 2.42. The number of aliphatic hydroxyl groups is 1. The van der Waals surface area contributed by atoms with Crippen molar-refractivity contribution in [3.05, 3.63) is 29.6 Å². The summed E-state index contributed by atoms with van der Waals surface area (Å²) >= 11 is 0. The topological polar surface area (TPSA) is 45.2 Å². The quantitative estimate of drug-likeness (QED) is 0.888. The summed E-state index contributed by atoms with van der Waals surface area (Å²) < 4.78 is 0. The molecule has 0 saturated heterocycles. The first-order valence-corrected chi connectivity index (χ1v) is 7.62. The average molecular weight is 276 g/mol. The third-order valence-electron chi connectivity index (χ3n) is 4.51. The van der Waals surface area contributed by atoms with Crippen molar-refractivity contribution in [3.63, 3.8) is 0 Å². The van der Waals surface area contributed by atoms with Gasteiger partial charge in [-0.15, -0.1) is 0 Å². The summed E-state index contributed by atoms with van der Waals surface area (Å²) in [4.78, 5) is 4.44. The Hall–Kier alpha value is -0.930. The van der Waals surface area contributed by atoms with Gasteiger partial charge in [0.05, 0.1) is 12.3 Å². The summed E-state index contributed by atoms with van der Waals surface area (Å²) in [5.41, 5.74) is 2.41. The molecule has 2 atom stereocenters. The van der Waals surface area contributed by atoms with Crippen LogP contribution >= 0.6 is 0 Å². The van der Waals surface area contributed by atoms with Crippen LogP contribution in [0.2, 0.25) is 0 Å². The molecule has 0 aromatic carbocycles. The van der Waals surface area contributed by atoms with E-state index in [4.69, 9.17) is 0 Å². The van der Waals surface area contributed by atoms with Crippen molar-refractivity contribution in [3.8, 4) is 0 Å². The minimum atomic E-state index is -0.162. The van der Waals surface area contributed by atoms with E-state index in [0.717, 1.165) is 25.1 Å². The molecule has 1 aliphatic carbocycles. The highest BCUT2D eigenvalue weighted by Crippen LogP contribution is 2.43. The van der Waals surface area contributed by atoms with Gasteiger partial charge in [-0.1, -0.05) is 26.8 Å². The van der Waals surface area contributed by atoms with Gasteiger partial charge in [0.25, 0.3) is 0 Å². The Morgan fingerprint density at radius 1 is 1.40 bits per heavy atom. The summed E-state index contributed by atoms with van der Waals surface area (Å²) in [6.07, 6.45) is 5.13. The van der Waals surface area contributed by atoms with Crippen LogP contribution in [0.15, 0.2) is 18.3 Å². The fourth-order valence-electron chi connectivity index (χ4n) is 4.03. The van der Waals surface area contributed by atoms with Crippen molar-refractivity contribution in [2.45, 2.75) is 59.0 Å². The maximum absolute atomic E-state index is 9.96. The molecule has 0 bridgehead atoms. The molecule has 1 fully saturated rings. The molecule has 3 nitrogen and oxygen atoms in total. The van der Waals surface area contributed by atoms with E-state index in [-0.39, 0.29) is 17.6 Å². The van der Waals surface area contributed by atoms with E-state index in [2.05, 4.69) is 44.1 Å². The molecule has 20 heavy (non-hydrogen) atoms. The zero-order chi connectivity index (χ0) is 14.8. The maximum atomic E-state index is 9.96. The highest BCUT2D eigenvalue weighted by atomic mass is 16.3. The third-order valence-corrected chi connectivity index (χ3v) is 4.51. The molecule has 1 heterocycles. The molecular formula is C17H28N2O. The molecular weight excluding hydrogens is 248 g/mol. The van der Waals surface area contributed by atoms with Crippen molar-refractivity contribution in [1.82, 2.24) is 10.3 Å². The summed E-state index contributed by atoms with van der Waals surface area (Å²) in [7, 11) is 0. The number of rotatable bonds is 4. The Bertz CT molecular complexity index is 458. The molecule has 1 aliphatic rings. The highest BCUT2D eigenvalue weighted by molar-refractivity contribution is 5.18. The van der Waals surface area contributed by atoms with E-state index >= 15 is 0 Å². The normalized spacial score (nSPS) is 29.4. The average Bonchev–Trinajstić information content (AvgIpc) is 2.35. The van der Waals surface area contributed by atoms with E-state index in [1.807, 2.05) is 12.3 Å². The molecule has 0 aliphatic heterocycles. The first kappa shape index (κ1) is 15.5. The van der Waals surface area contributed by atoms with Gasteiger partial charge in [0.2, 0.25) is 0 Å². The van der Waals surface area contributed by atoms with Gasteiger partial charge in [-0.3, -0.25) is 4.98 Å². The molecule has 0 radical (unpaired) electrons. The van der Waals surface area contributed by atoms with E-state index < -0.39 is 0 Å². The second-order valence-electron chi connectivity index (χ2n) is 7.41. The van der Waals surface area contributed by atoms with Gasteiger partial charge in [-0.25, -0.2) is 0 Å². The van der Waals surface area contributed by atoms with E-state index in [0.29, 0.717) is 5.92 Å². The maximum Gasteiger partial charge on any atom is 0.0613 e. The first-order chi connectivity index (χ1) is 9.36. The van der Waals surface area contributed by atoms with Crippen molar-refractivity contribution in [1.29, 1.82) is 0 Å². The van der Waals surface area contributed by atoms with Gasteiger partial charge in [-0.2, -0.15) is 0 Å². The second kappa shape index (κ2) is 5.82. The molecule has 0 spiro atoms. The summed E-state index contributed by atoms with van der Waals surface area (Å²) in [6.45, 7) is 9.92. The minimum Gasteiger partial charge on any atom is -0.394 e. The number of nitrogens with one attached hydrogen (secondary N) is 1. The zero-order valence-electron chi connectivity index (χ0n) is 13.2. The number of hydrogen-bond acceptors (Lipinski definition) is 3. The number of aromatic nitrogens is 1. The van der Waals surface area contributed by atoms with E-state index in [1.165, 1.54) is 12.0 Å². The Balaban J connectivity index is 2.10. The zero-order valence-corrected chi connectivity index (χ0v) is 13.2. The summed E-state index contributed by atoms with van der Waals surface area (Å²) in [5.74, 6) is 0.642. The fraction of sp³-hybridized carbons (Fsp3) is 0.706. The largest absolute Gasteiger partial charge is 0.394 e. The van der Waals surface area contributed by atoms with Crippen molar-refractivity contribution in [2.24, 2.45) is 11.3 Å². The molecule has 2 N–H and O–H groups in total. The predicted molar refractivity (Wildman–Crippen MR) is 82.4 cm³/mol. The van der Waals surface area contributed by atoms with E-state index in [9.17, 15) is 5.11 Å². The predicted octanol–water partition coefficient (Wildman–Crippen LogP) is 3.06. The van der Waals surface area contributed by atoms with Crippen LogP contribution in [0, 0.1) is 18.3 Å². The van der Waals surface area contributed by atoms with E-state index in [1.54, 1.807) is 0 Å². The number of aliphatic hydroxyl groups excluding tert-OH is 1. The first-order valence-electron chi connectivity index (χ1n) is 7.62. The lowest BCUT2D eigenvalue weighted by Crippen LogP contribution is -2.55. The lowest BCUT2D eigenvalue weighted by molar-refractivity contribution is 0.0350. The summed E-state index contributed by atoms with van der Waals surface area (Å²) in [5, 5.41) is 13.6. The number of nitrogens with zero attached hydrogens (tertiary/aromatic N) is 1. The van der Waals surface area contributed by atoms with Gasteiger partial charge < -0.3 is 10.4 Å². The van der Waals surface area contributed by atoms with Gasteiger partial charge >= 0.3 is 0 Å². The second-order valence-corrected chi connectivity index (χ2v) is 7.41. The van der Waals surface area contributed by atoms with Gasteiger partial charge in [-0.05, 0) is 49.1 Å². The Labute approximate surface area is 122 Å². The molecule has 1 aromatic rings. The van der Waals surface area contributed by atoms with Crippen LogP contribution in [-0.2, 0) is 6.54 Å². The molecule has 3 heteroatoms. The number of pyridine rings is 1. The Morgan fingerprint density at radius 3 is 2.75 bits per heavy atom. The molecule has 1 saturated carbocycles. The van der Waals surface area contributed by atoms with Crippen LogP contribution < -0.4 is 5.32 Å². The van der Waals surface area contributed by atoms with Gasteiger partial charge in [0, 0.05) is 18.3 Å². The van der Waals surface area contributed by atoms with Crippen molar-refractivity contribution in [2.75, 3.05) is 6.61 Å². The number of aryl methyl sites for hydroxylation is 1. The lowest BCUT2D eigenvalue weighted by Gasteiger charge is -2.47. The smallest absolute Gasteiger partial charge is 0.0613 e. The van der Waals surface area contributed by atoms with Gasteiger partial charge in [0.15, 0.2) is 0 Å². The van der Waals surface area contributed by atoms with Crippen LogP contribution in [0.1, 0.15) is 51.3 Å². The third kappa shape index (κ3) is 3.58. The Morgan fingerprint density at radius 2 is 2.15 bits per heavy atom. The van der Waals surface area contributed by atoms with Crippen LogP contribution in [0.4, 0.5) is 0 Å². The monoisotopic (exact) mass is 276 g/mol. The molecule has 2 rings (SSSR count). The number of hydrogen-bond donors (Lipinski definition) is 2. The SMILES string of the molecule is Cc1cccnc1CNC1(CO)CC(C)CC(C)(C)C1. The fourth-order valence-corrected chi connectivity index (χ4v) is 4.03. The lowest BCUT2D eigenvalue weighted by atomic mass is 9.64. The van der Waals surface area contributed by atoms with Gasteiger partial charge in [0.1, 0.15) is 0 Å². The van der Waals surface area contributed by atoms with Crippen molar-refractivity contribution < 1.29 is 5.11 Å². The standard InChI is InChI=1S/C17H28N2O/c1-13-8-16(3,4)11-17(9-13,12-20)19-10-15-14(2)6-5-7-18-15/h5-7,13,19-20H,8-12H2,1-4H3. The molecule has 2 unspecified atom stereocenters. The van der Waals surface area contributed by atoms with Crippen molar-refractivity contribution >= 4 is 0 Å². The molecule has 112 valence electrons. The Kier molecular flexibility index (Phi) is 4.50. The summed E-state index contributed by atoms with van der Waals surface area (Å²) in [6, 6.07) is 4.05. The van der Waals surface area contributed by atoms with Crippen LogP contribution in [-0.4, -0.2) is 22.2 Å². The van der Waals surface area contributed by atoms with Crippen LogP contribution in [0.25, 0.3) is 0 Å². The molecule has 0 amide bonds.